The molecule has 0 atom stereocenters. The zero-order chi connectivity index (χ0) is 17.8. The number of fused-ring (bicyclic) bond motifs is 1. The van der Waals surface area contributed by atoms with E-state index in [2.05, 4.69) is 26.3 Å². The van der Waals surface area contributed by atoms with Gasteiger partial charge in [0.05, 0.1) is 20.8 Å². The Bertz CT molecular complexity index is 996. The van der Waals surface area contributed by atoms with Crippen LogP contribution in [0.3, 0.4) is 0 Å². The number of nitrogens with one attached hydrogen (secondary N) is 1. The van der Waals surface area contributed by atoms with Crippen molar-refractivity contribution >= 4 is 27.5 Å². The minimum Gasteiger partial charge on any atom is -0.352 e. The summed E-state index contributed by atoms with van der Waals surface area (Å²) >= 11 is 1.66. The van der Waals surface area contributed by atoms with Gasteiger partial charge >= 0.3 is 0 Å². The maximum absolute atomic E-state index is 12.2. The SMILES string of the molecule is O=C(NCCc1nc2ccccc2s1)c1cnc(-c2ccccc2)nc1. The van der Waals surface area contributed by atoms with E-state index in [1.807, 2.05) is 48.5 Å². The highest BCUT2D eigenvalue weighted by Gasteiger charge is 2.09. The smallest absolute Gasteiger partial charge is 0.254 e. The van der Waals surface area contributed by atoms with Crippen molar-refractivity contribution in [2.45, 2.75) is 6.42 Å². The van der Waals surface area contributed by atoms with Crippen LogP contribution in [-0.4, -0.2) is 27.4 Å². The molecule has 0 saturated heterocycles. The molecule has 0 bridgehead atoms. The van der Waals surface area contributed by atoms with Crippen molar-refractivity contribution < 1.29 is 4.79 Å². The number of amides is 1. The Kier molecular flexibility index (Phi) is 4.66. The third-order valence-electron chi connectivity index (χ3n) is 3.91. The van der Waals surface area contributed by atoms with Crippen molar-refractivity contribution in [3.63, 3.8) is 0 Å². The molecule has 4 aromatic rings. The Morgan fingerprint density at radius 3 is 2.46 bits per heavy atom. The van der Waals surface area contributed by atoms with E-state index in [0.29, 0.717) is 24.4 Å². The largest absolute Gasteiger partial charge is 0.352 e. The fourth-order valence-corrected chi connectivity index (χ4v) is 3.56. The summed E-state index contributed by atoms with van der Waals surface area (Å²) in [6.07, 6.45) is 3.82. The fourth-order valence-electron chi connectivity index (χ4n) is 2.59. The van der Waals surface area contributed by atoms with Crippen LogP contribution in [-0.2, 0) is 6.42 Å². The summed E-state index contributed by atoms with van der Waals surface area (Å²) in [6, 6.07) is 17.7. The van der Waals surface area contributed by atoms with Crippen LogP contribution in [0.2, 0.25) is 0 Å². The Morgan fingerprint density at radius 1 is 0.962 bits per heavy atom. The van der Waals surface area contributed by atoms with E-state index in [1.165, 1.54) is 4.70 Å². The van der Waals surface area contributed by atoms with E-state index >= 15 is 0 Å². The molecule has 1 amide bonds. The number of hydrogen-bond acceptors (Lipinski definition) is 5. The number of thiazole rings is 1. The maximum Gasteiger partial charge on any atom is 0.254 e. The fraction of sp³-hybridized carbons (Fsp3) is 0.100. The lowest BCUT2D eigenvalue weighted by Crippen LogP contribution is -2.26. The lowest BCUT2D eigenvalue weighted by molar-refractivity contribution is 0.0953. The standard InChI is InChI=1S/C20H16N4OS/c25-20(15-12-22-19(23-13-15)14-6-2-1-3-7-14)21-11-10-18-24-16-8-4-5-9-17(16)26-18/h1-9,12-13H,10-11H2,(H,21,25). The van der Waals surface area contributed by atoms with Gasteiger partial charge in [-0.15, -0.1) is 11.3 Å². The first kappa shape index (κ1) is 16.4. The van der Waals surface area contributed by atoms with Gasteiger partial charge < -0.3 is 5.32 Å². The van der Waals surface area contributed by atoms with Gasteiger partial charge in [-0.2, -0.15) is 0 Å². The van der Waals surface area contributed by atoms with Gasteiger partial charge in [-0.25, -0.2) is 15.0 Å². The number of rotatable bonds is 5. The molecule has 4 rings (SSSR count). The molecule has 26 heavy (non-hydrogen) atoms. The van der Waals surface area contributed by atoms with E-state index in [9.17, 15) is 4.79 Å². The molecule has 0 saturated carbocycles. The van der Waals surface area contributed by atoms with Gasteiger partial charge in [0.2, 0.25) is 0 Å². The summed E-state index contributed by atoms with van der Waals surface area (Å²) in [5.74, 6) is 0.433. The number of hydrogen-bond donors (Lipinski definition) is 1. The third-order valence-corrected chi connectivity index (χ3v) is 5.00. The summed E-state index contributed by atoms with van der Waals surface area (Å²) in [4.78, 5) is 25.4. The molecule has 0 aliphatic heterocycles. The lowest BCUT2D eigenvalue weighted by atomic mass is 10.2. The van der Waals surface area contributed by atoms with Gasteiger partial charge in [-0.05, 0) is 12.1 Å². The van der Waals surface area contributed by atoms with Crippen molar-refractivity contribution in [3.8, 4) is 11.4 Å². The Morgan fingerprint density at radius 2 is 1.69 bits per heavy atom. The normalized spacial score (nSPS) is 10.8. The van der Waals surface area contributed by atoms with Gasteiger partial charge in [0.1, 0.15) is 0 Å². The number of aromatic nitrogens is 3. The second kappa shape index (κ2) is 7.41. The zero-order valence-electron chi connectivity index (χ0n) is 13.9. The van der Waals surface area contributed by atoms with Crippen LogP contribution < -0.4 is 5.32 Å². The molecule has 0 unspecified atom stereocenters. The molecule has 2 heterocycles. The van der Waals surface area contributed by atoms with Crippen molar-refractivity contribution in [1.82, 2.24) is 20.3 Å². The molecular weight excluding hydrogens is 344 g/mol. The van der Waals surface area contributed by atoms with Gasteiger partial charge in [0, 0.05) is 30.9 Å². The molecule has 0 aliphatic carbocycles. The van der Waals surface area contributed by atoms with Crippen molar-refractivity contribution in [2.24, 2.45) is 0 Å². The summed E-state index contributed by atoms with van der Waals surface area (Å²) < 4.78 is 1.17. The van der Waals surface area contributed by atoms with Gasteiger partial charge in [-0.3, -0.25) is 4.79 Å². The lowest BCUT2D eigenvalue weighted by Gasteiger charge is -2.04. The van der Waals surface area contributed by atoms with Crippen LogP contribution in [0.15, 0.2) is 67.0 Å². The number of benzene rings is 2. The van der Waals surface area contributed by atoms with Gasteiger partial charge in [-0.1, -0.05) is 42.5 Å². The second-order valence-electron chi connectivity index (χ2n) is 5.74. The first-order valence-electron chi connectivity index (χ1n) is 8.30. The molecule has 0 aliphatic rings. The average molecular weight is 360 g/mol. The van der Waals surface area contributed by atoms with Crippen LogP contribution in [0.25, 0.3) is 21.6 Å². The summed E-state index contributed by atoms with van der Waals surface area (Å²) in [6.45, 7) is 0.527. The number of carbonyl (C=O) groups excluding carboxylic acids is 1. The third kappa shape index (κ3) is 3.60. The Labute approximate surface area is 154 Å². The molecule has 128 valence electrons. The highest BCUT2D eigenvalue weighted by molar-refractivity contribution is 7.18. The molecule has 6 heteroatoms. The summed E-state index contributed by atoms with van der Waals surface area (Å²) in [5.41, 5.74) is 2.38. The van der Waals surface area contributed by atoms with Gasteiger partial charge in [0.15, 0.2) is 5.82 Å². The Hall–Kier alpha value is -3.12. The number of para-hydroxylation sites is 1. The number of carbonyl (C=O) groups is 1. The van der Waals surface area contributed by atoms with E-state index < -0.39 is 0 Å². The molecular formula is C20H16N4OS. The minimum atomic E-state index is -0.175. The highest BCUT2D eigenvalue weighted by atomic mass is 32.1. The second-order valence-corrected chi connectivity index (χ2v) is 6.86. The summed E-state index contributed by atoms with van der Waals surface area (Å²) in [5, 5.41) is 3.91. The molecule has 0 spiro atoms. The van der Waals surface area contributed by atoms with E-state index in [-0.39, 0.29) is 5.91 Å². The van der Waals surface area contributed by atoms with Gasteiger partial charge in [0.25, 0.3) is 5.91 Å². The molecule has 0 fully saturated rings. The predicted octanol–water partition coefficient (Wildman–Crippen LogP) is 3.73. The maximum atomic E-state index is 12.2. The number of nitrogens with zero attached hydrogens (tertiary/aromatic N) is 3. The van der Waals surface area contributed by atoms with E-state index in [4.69, 9.17) is 0 Å². The predicted molar refractivity (Wildman–Crippen MR) is 103 cm³/mol. The van der Waals surface area contributed by atoms with Crippen LogP contribution >= 0.6 is 11.3 Å². The van der Waals surface area contributed by atoms with E-state index in [1.54, 1.807) is 23.7 Å². The Balaban J connectivity index is 1.36. The summed E-state index contributed by atoms with van der Waals surface area (Å²) in [7, 11) is 0. The van der Waals surface area contributed by atoms with Crippen LogP contribution in [0, 0.1) is 0 Å². The first-order valence-corrected chi connectivity index (χ1v) is 9.11. The zero-order valence-corrected chi connectivity index (χ0v) is 14.7. The van der Waals surface area contributed by atoms with Crippen LogP contribution in [0.1, 0.15) is 15.4 Å². The van der Waals surface area contributed by atoms with Crippen molar-refractivity contribution in [3.05, 3.63) is 77.6 Å². The van der Waals surface area contributed by atoms with Crippen molar-refractivity contribution in [2.75, 3.05) is 6.54 Å². The van der Waals surface area contributed by atoms with Crippen LogP contribution in [0.4, 0.5) is 0 Å². The molecule has 1 N–H and O–H groups in total. The average Bonchev–Trinajstić information content (AvgIpc) is 3.11. The van der Waals surface area contributed by atoms with Crippen LogP contribution in [0.5, 0.6) is 0 Å². The topological polar surface area (TPSA) is 67.8 Å². The quantitative estimate of drug-likeness (QED) is 0.589. The molecule has 2 aromatic heterocycles. The monoisotopic (exact) mass is 360 g/mol. The molecule has 0 radical (unpaired) electrons. The highest BCUT2D eigenvalue weighted by Crippen LogP contribution is 2.21. The molecule has 2 aromatic carbocycles. The van der Waals surface area contributed by atoms with E-state index in [0.717, 1.165) is 16.1 Å². The minimum absolute atomic E-state index is 0.175. The first-order chi connectivity index (χ1) is 12.8. The van der Waals surface area contributed by atoms with Crippen molar-refractivity contribution in [1.29, 1.82) is 0 Å². The molecule has 5 nitrogen and oxygen atoms in total.